The highest BCUT2D eigenvalue weighted by Crippen LogP contribution is 2.46. The molecule has 0 aliphatic heterocycles. The van der Waals surface area contributed by atoms with Crippen LogP contribution >= 0.6 is 0 Å². The summed E-state index contributed by atoms with van der Waals surface area (Å²) in [5, 5.41) is 13.3. The van der Waals surface area contributed by atoms with Crippen LogP contribution in [-0.2, 0) is 0 Å². The van der Waals surface area contributed by atoms with Gasteiger partial charge in [0.15, 0.2) is 0 Å². The molecule has 12 aromatic carbocycles. The van der Waals surface area contributed by atoms with Crippen LogP contribution in [0.3, 0.4) is 0 Å². The second kappa shape index (κ2) is 16.6. The van der Waals surface area contributed by atoms with Crippen molar-refractivity contribution in [2.45, 2.75) is 0 Å². The van der Waals surface area contributed by atoms with Gasteiger partial charge in [0, 0.05) is 89.7 Å². The maximum atomic E-state index is 6.77. The van der Waals surface area contributed by atoms with Gasteiger partial charge in [-0.15, -0.1) is 0 Å². The molecule has 0 bridgehead atoms. The highest BCUT2D eigenvalue weighted by molar-refractivity contribution is 6.27. The molecule has 0 unspecified atom stereocenters. The van der Waals surface area contributed by atoms with E-state index >= 15 is 0 Å². The van der Waals surface area contributed by atoms with Crippen LogP contribution in [0.2, 0.25) is 0 Å². The van der Waals surface area contributed by atoms with Crippen molar-refractivity contribution in [1.29, 1.82) is 0 Å². The van der Waals surface area contributed by atoms with Crippen molar-refractivity contribution in [1.82, 2.24) is 0 Å². The monoisotopic (exact) mass is 974 g/mol. The number of rotatable bonds is 8. The van der Waals surface area contributed by atoms with Crippen molar-refractivity contribution >= 4 is 132 Å². The van der Waals surface area contributed by atoms with E-state index in [1.807, 2.05) is 36.4 Å². The summed E-state index contributed by atoms with van der Waals surface area (Å²) < 4.78 is 26.0. The molecule has 4 heterocycles. The molecule has 0 spiro atoms. The molecule has 0 saturated carbocycles. The lowest BCUT2D eigenvalue weighted by Crippen LogP contribution is -2.09. The number of para-hydroxylation sites is 4. The van der Waals surface area contributed by atoms with Gasteiger partial charge in [0.2, 0.25) is 0 Å². The predicted octanol–water partition coefficient (Wildman–Crippen LogP) is 20.7. The van der Waals surface area contributed by atoms with E-state index in [-0.39, 0.29) is 0 Å². The van der Waals surface area contributed by atoms with Gasteiger partial charge in [-0.3, -0.25) is 0 Å². The molecular formula is C70H42N2O4. The summed E-state index contributed by atoms with van der Waals surface area (Å²) in [6.45, 7) is 0. The number of anilines is 6. The highest BCUT2D eigenvalue weighted by atomic mass is 16.3. The van der Waals surface area contributed by atoms with Gasteiger partial charge in [0.1, 0.15) is 45.0 Å². The molecule has 0 saturated heterocycles. The smallest absolute Gasteiger partial charge is 0.137 e. The van der Waals surface area contributed by atoms with E-state index in [1.54, 1.807) is 0 Å². The van der Waals surface area contributed by atoms with Crippen LogP contribution in [0.5, 0.6) is 0 Å². The van der Waals surface area contributed by atoms with Gasteiger partial charge in [-0.05, 0) is 166 Å². The first-order valence-corrected chi connectivity index (χ1v) is 25.6. The molecule has 16 rings (SSSR count). The second-order valence-corrected chi connectivity index (χ2v) is 19.7. The Morgan fingerprint density at radius 2 is 0.592 bits per heavy atom. The van der Waals surface area contributed by atoms with Crippen LogP contribution < -0.4 is 9.80 Å². The number of hydrogen-bond acceptors (Lipinski definition) is 6. The SMILES string of the molecule is c1ccc(N(c2ccc3cc(-c4cc5ccccc5o4)ccc3c2)c2ccc3c(c2)oc2ccc4c(ccc5oc6cc(N(c7ccccc7)c7ccc8cc(-c9cc%10ccccc%10o9)ccc8c7)ccc6c54)c23)cc1. The second-order valence-electron chi connectivity index (χ2n) is 19.7. The van der Waals surface area contributed by atoms with E-state index in [4.69, 9.17) is 17.7 Å². The molecule has 0 atom stereocenters. The summed E-state index contributed by atoms with van der Waals surface area (Å²) in [5.74, 6) is 1.73. The van der Waals surface area contributed by atoms with E-state index in [0.717, 1.165) is 155 Å². The average molecular weight is 975 g/mol. The van der Waals surface area contributed by atoms with E-state index in [0.29, 0.717) is 0 Å². The first-order chi connectivity index (χ1) is 37.6. The number of furan rings is 4. The average Bonchev–Trinajstić information content (AvgIpc) is 4.30. The minimum Gasteiger partial charge on any atom is -0.456 e. The number of hydrogen-bond donors (Lipinski definition) is 0. The molecule has 0 aliphatic rings. The van der Waals surface area contributed by atoms with Crippen molar-refractivity contribution in [3.63, 3.8) is 0 Å². The topological polar surface area (TPSA) is 59.0 Å². The lowest BCUT2D eigenvalue weighted by atomic mass is 9.99. The predicted molar refractivity (Wildman–Crippen MR) is 313 cm³/mol. The third-order valence-electron chi connectivity index (χ3n) is 15.2. The normalized spacial score (nSPS) is 11.9. The lowest BCUT2D eigenvalue weighted by Gasteiger charge is -2.25. The molecule has 4 aromatic heterocycles. The molecule has 356 valence electrons. The van der Waals surface area contributed by atoms with Gasteiger partial charge in [-0.2, -0.15) is 0 Å². The molecule has 76 heavy (non-hydrogen) atoms. The Morgan fingerprint density at radius 1 is 0.211 bits per heavy atom. The Morgan fingerprint density at radius 3 is 1.05 bits per heavy atom. The molecule has 0 radical (unpaired) electrons. The number of nitrogens with zero attached hydrogens (tertiary/aromatic N) is 2. The lowest BCUT2D eigenvalue weighted by molar-refractivity contribution is 0.631. The molecule has 16 aromatic rings. The fraction of sp³-hybridized carbons (Fsp3) is 0. The first kappa shape index (κ1) is 42.2. The molecule has 0 aliphatic carbocycles. The Bertz CT molecular complexity index is 4590. The number of fused-ring (bicyclic) bond motifs is 13. The van der Waals surface area contributed by atoms with Gasteiger partial charge in [0.25, 0.3) is 0 Å². The van der Waals surface area contributed by atoms with Crippen molar-refractivity contribution in [3.8, 4) is 22.6 Å². The molecule has 6 heteroatoms. The maximum Gasteiger partial charge on any atom is 0.137 e. The largest absolute Gasteiger partial charge is 0.456 e. The first-order valence-electron chi connectivity index (χ1n) is 25.6. The highest BCUT2D eigenvalue weighted by Gasteiger charge is 2.21. The molecule has 0 N–H and O–H groups in total. The summed E-state index contributed by atoms with van der Waals surface area (Å²) >= 11 is 0. The number of benzene rings is 12. The minimum atomic E-state index is 0.820. The zero-order chi connectivity index (χ0) is 49.8. The quantitative estimate of drug-likeness (QED) is 0.151. The summed E-state index contributed by atoms with van der Waals surface area (Å²) in [6, 6.07) is 89.7. The summed E-state index contributed by atoms with van der Waals surface area (Å²) in [7, 11) is 0. The van der Waals surface area contributed by atoms with Gasteiger partial charge in [-0.25, -0.2) is 0 Å². The van der Waals surface area contributed by atoms with Crippen LogP contribution in [-0.4, -0.2) is 0 Å². The van der Waals surface area contributed by atoms with E-state index in [9.17, 15) is 0 Å². The van der Waals surface area contributed by atoms with Gasteiger partial charge in [-0.1, -0.05) is 109 Å². The zero-order valence-electron chi connectivity index (χ0n) is 40.8. The van der Waals surface area contributed by atoms with Crippen LogP contribution in [0.4, 0.5) is 34.1 Å². The van der Waals surface area contributed by atoms with E-state index < -0.39 is 0 Å². The fourth-order valence-electron chi connectivity index (χ4n) is 11.6. The van der Waals surface area contributed by atoms with Crippen LogP contribution in [0.15, 0.2) is 272 Å². The van der Waals surface area contributed by atoms with E-state index in [2.05, 4.69) is 228 Å². The van der Waals surface area contributed by atoms with Crippen molar-refractivity contribution < 1.29 is 17.7 Å². The standard InChI is InChI=1S/C70H42N2O4/c1-3-13-51(14-4-1)71(53-25-23-43-35-49(21-19-45(43)37-53)65-39-47-11-7-9-17-61(47)73-65)55-27-29-59-67(41-55)75-63-33-31-58-57(69(59)63)32-34-64-70(58)60-30-28-56(42-68(60)76-64)72(52-15-5-2-6-16-52)54-26-24-44-36-50(22-20-46(44)38-54)66-40-48-12-8-10-18-62(48)74-66/h1-42H. The Hall–Kier alpha value is -10.3. The van der Waals surface area contributed by atoms with Crippen molar-refractivity contribution in [2.24, 2.45) is 0 Å². The summed E-state index contributed by atoms with van der Waals surface area (Å²) in [5.41, 5.74) is 13.4. The summed E-state index contributed by atoms with van der Waals surface area (Å²) in [4.78, 5) is 4.59. The Kier molecular flexibility index (Phi) is 9.23. The zero-order valence-corrected chi connectivity index (χ0v) is 40.8. The van der Waals surface area contributed by atoms with Crippen LogP contribution in [0.1, 0.15) is 0 Å². The van der Waals surface area contributed by atoms with Gasteiger partial charge in [0.05, 0.1) is 0 Å². The Labute approximate surface area is 435 Å². The fourth-order valence-corrected chi connectivity index (χ4v) is 11.6. The third kappa shape index (κ3) is 6.81. The Balaban J connectivity index is 0.760. The van der Waals surface area contributed by atoms with E-state index in [1.165, 1.54) is 0 Å². The molecule has 0 fully saturated rings. The maximum absolute atomic E-state index is 6.77. The minimum absolute atomic E-state index is 0.820. The van der Waals surface area contributed by atoms with Gasteiger partial charge >= 0.3 is 0 Å². The van der Waals surface area contributed by atoms with Crippen LogP contribution in [0, 0.1) is 0 Å². The van der Waals surface area contributed by atoms with Gasteiger partial charge < -0.3 is 27.5 Å². The molecule has 6 nitrogen and oxygen atoms in total. The third-order valence-corrected chi connectivity index (χ3v) is 15.2. The van der Waals surface area contributed by atoms with Crippen molar-refractivity contribution in [3.05, 3.63) is 255 Å². The van der Waals surface area contributed by atoms with Crippen LogP contribution in [0.25, 0.3) is 121 Å². The molecule has 0 amide bonds. The molecular weight excluding hydrogens is 933 g/mol. The summed E-state index contributed by atoms with van der Waals surface area (Å²) in [6.07, 6.45) is 0. The van der Waals surface area contributed by atoms with Crippen molar-refractivity contribution in [2.75, 3.05) is 9.80 Å².